The van der Waals surface area contributed by atoms with Gasteiger partial charge in [-0.2, -0.15) is 0 Å². The van der Waals surface area contributed by atoms with E-state index in [1.54, 1.807) is 13.8 Å². The number of hydrogen-bond donors (Lipinski definition) is 0. The SMILES string of the molecule is CCC(C)(C)C(=O)[O-].[Li+]. The molecule has 2 nitrogen and oxygen atoms in total. The van der Waals surface area contributed by atoms with Crippen LogP contribution in [0.1, 0.15) is 27.2 Å². The Kier molecular flexibility index (Phi) is 5.22. The Morgan fingerprint density at radius 2 is 1.89 bits per heavy atom. The number of carboxylic acids is 1. The summed E-state index contributed by atoms with van der Waals surface area (Å²) in [7, 11) is 0. The first-order valence-corrected chi connectivity index (χ1v) is 2.72. The van der Waals surface area contributed by atoms with Crippen LogP contribution in [0.15, 0.2) is 0 Å². The van der Waals surface area contributed by atoms with Crippen molar-refractivity contribution in [2.45, 2.75) is 27.2 Å². The van der Waals surface area contributed by atoms with E-state index in [1.807, 2.05) is 6.92 Å². The van der Waals surface area contributed by atoms with Gasteiger partial charge in [-0.3, -0.25) is 0 Å². The predicted molar refractivity (Wildman–Crippen MR) is 29.1 cm³/mol. The average molecular weight is 122 g/mol. The Bertz CT molecular complexity index is 99.2. The van der Waals surface area contributed by atoms with Gasteiger partial charge in [-0.1, -0.05) is 20.8 Å². The molecule has 0 aromatic carbocycles. The summed E-state index contributed by atoms with van der Waals surface area (Å²) < 4.78 is 0. The molecule has 0 fully saturated rings. The summed E-state index contributed by atoms with van der Waals surface area (Å²) in [5, 5.41) is 10.1. The third-order valence-electron chi connectivity index (χ3n) is 1.44. The Hall–Kier alpha value is 0.0674. The molecule has 0 aromatic rings. The molecular formula is C6H11LiO2. The van der Waals surface area contributed by atoms with E-state index >= 15 is 0 Å². The molecule has 0 rings (SSSR count). The molecular weight excluding hydrogens is 111 g/mol. The van der Waals surface area contributed by atoms with Gasteiger partial charge in [0.25, 0.3) is 0 Å². The summed E-state index contributed by atoms with van der Waals surface area (Å²) >= 11 is 0. The first kappa shape index (κ1) is 11.8. The number of aliphatic carboxylic acids is 1. The van der Waals surface area contributed by atoms with Gasteiger partial charge in [0.15, 0.2) is 0 Å². The van der Waals surface area contributed by atoms with Crippen LogP contribution < -0.4 is 24.0 Å². The van der Waals surface area contributed by atoms with Gasteiger partial charge in [-0.25, -0.2) is 0 Å². The van der Waals surface area contributed by atoms with Crippen molar-refractivity contribution >= 4 is 5.97 Å². The third kappa shape index (κ3) is 3.61. The number of hydrogen-bond acceptors (Lipinski definition) is 2. The normalized spacial score (nSPS) is 10.1. The molecule has 0 saturated heterocycles. The Morgan fingerprint density at radius 1 is 1.56 bits per heavy atom. The summed E-state index contributed by atoms with van der Waals surface area (Å²) in [6, 6.07) is 0. The second kappa shape index (κ2) is 3.98. The first-order chi connectivity index (χ1) is 3.50. The van der Waals surface area contributed by atoms with Gasteiger partial charge in [-0.15, -0.1) is 0 Å². The van der Waals surface area contributed by atoms with Gasteiger partial charge >= 0.3 is 18.9 Å². The topological polar surface area (TPSA) is 40.1 Å². The minimum Gasteiger partial charge on any atom is -0.550 e. The van der Waals surface area contributed by atoms with Crippen LogP contribution in [0.3, 0.4) is 0 Å². The van der Waals surface area contributed by atoms with Gasteiger partial charge < -0.3 is 9.90 Å². The smallest absolute Gasteiger partial charge is 0.550 e. The fourth-order valence-electron chi connectivity index (χ4n) is 0.144. The van der Waals surface area contributed by atoms with Crippen LogP contribution in [0.25, 0.3) is 0 Å². The van der Waals surface area contributed by atoms with Crippen molar-refractivity contribution in [3.8, 4) is 0 Å². The molecule has 0 aliphatic rings. The molecule has 0 aliphatic carbocycles. The van der Waals surface area contributed by atoms with Gasteiger partial charge in [0.05, 0.1) is 0 Å². The standard InChI is InChI=1S/C6H12O2.Li/c1-4-6(2,3)5(7)8;/h4H2,1-3H3,(H,7,8);/q;+1/p-1. The maximum Gasteiger partial charge on any atom is 1.00 e. The van der Waals surface area contributed by atoms with Crippen molar-refractivity contribution in [1.82, 2.24) is 0 Å². The van der Waals surface area contributed by atoms with Crippen molar-refractivity contribution in [3.05, 3.63) is 0 Å². The van der Waals surface area contributed by atoms with E-state index in [0.717, 1.165) is 0 Å². The summed E-state index contributed by atoms with van der Waals surface area (Å²) in [6.45, 7) is 5.14. The maximum atomic E-state index is 10.1. The van der Waals surface area contributed by atoms with Crippen molar-refractivity contribution in [2.24, 2.45) is 5.41 Å². The second-order valence-corrected chi connectivity index (χ2v) is 2.52. The molecule has 0 unspecified atom stereocenters. The first-order valence-electron chi connectivity index (χ1n) is 2.72. The van der Waals surface area contributed by atoms with Crippen molar-refractivity contribution in [1.29, 1.82) is 0 Å². The zero-order valence-electron chi connectivity index (χ0n) is 6.52. The largest absolute Gasteiger partial charge is 1.00 e. The van der Waals surface area contributed by atoms with Crippen molar-refractivity contribution < 1.29 is 28.8 Å². The van der Waals surface area contributed by atoms with E-state index in [0.29, 0.717) is 6.42 Å². The molecule has 0 heterocycles. The van der Waals surface area contributed by atoms with Gasteiger partial charge in [0.2, 0.25) is 0 Å². The predicted octanol–water partition coefficient (Wildman–Crippen LogP) is -2.82. The van der Waals surface area contributed by atoms with Crippen molar-refractivity contribution in [3.63, 3.8) is 0 Å². The third-order valence-corrected chi connectivity index (χ3v) is 1.44. The quantitative estimate of drug-likeness (QED) is 0.370. The molecule has 0 aromatic heterocycles. The molecule has 0 spiro atoms. The maximum absolute atomic E-state index is 10.1. The number of rotatable bonds is 2. The van der Waals surface area contributed by atoms with Crippen LogP contribution in [-0.2, 0) is 4.79 Å². The number of carboxylic acid groups (broad SMARTS) is 1. The van der Waals surface area contributed by atoms with E-state index in [-0.39, 0.29) is 18.9 Å². The van der Waals surface area contributed by atoms with Crippen molar-refractivity contribution in [2.75, 3.05) is 0 Å². The van der Waals surface area contributed by atoms with Gasteiger partial charge in [0, 0.05) is 11.4 Å². The summed E-state index contributed by atoms with van der Waals surface area (Å²) in [5.74, 6) is -0.972. The molecule has 0 atom stereocenters. The van der Waals surface area contributed by atoms with Crippen LogP contribution in [0.5, 0.6) is 0 Å². The Morgan fingerprint density at radius 3 is 1.89 bits per heavy atom. The monoisotopic (exact) mass is 122 g/mol. The second-order valence-electron chi connectivity index (χ2n) is 2.52. The minimum absolute atomic E-state index is 0. The van der Waals surface area contributed by atoms with Crippen LogP contribution in [0.2, 0.25) is 0 Å². The van der Waals surface area contributed by atoms with E-state index in [4.69, 9.17) is 0 Å². The zero-order chi connectivity index (χ0) is 6.78. The van der Waals surface area contributed by atoms with E-state index in [2.05, 4.69) is 0 Å². The number of carbonyl (C=O) groups is 1. The van der Waals surface area contributed by atoms with Crippen LogP contribution >= 0.6 is 0 Å². The molecule has 0 radical (unpaired) electrons. The van der Waals surface area contributed by atoms with Gasteiger partial charge in [0.1, 0.15) is 0 Å². The van der Waals surface area contributed by atoms with Crippen LogP contribution in [0, 0.1) is 5.41 Å². The van der Waals surface area contributed by atoms with E-state index < -0.39 is 11.4 Å². The Labute approximate surface area is 67.8 Å². The van der Waals surface area contributed by atoms with Crippen LogP contribution in [0.4, 0.5) is 0 Å². The molecule has 0 aliphatic heterocycles. The fraction of sp³-hybridized carbons (Fsp3) is 0.833. The minimum atomic E-state index is -0.972. The molecule has 9 heavy (non-hydrogen) atoms. The fourth-order valence-corrected chi connectivity index (χ4v) is 0.144. The zero-order valence-corrected chi connectivity index (χ0v) is 6.52. The average Bonchev–Trinajstić information content (AvgIpc) is 1.67. The summed E-state index contributed by atoms with van der Waals surface area (Å²) in [5.41, 5.74) is -0.653. The molecule has 48 valence electrons. The molecule has 3 heteroatoms. The van der Waals surface area contributed by atoms with Crippen LogP contribution in [-0.4, -0.2) is 5.97 Å². The number of carbonyl (C=O) groups excluding carboxylic acids is 1. The molecule has 0 bridgehead atoms. The summed E-state index contributed by atoms with van der Waals surface area (Å²) in [4.78, 5) is 10.1. The molecule has 0 N–H and O–H groups in total. The van der Waals surface area contributed by atoms with Gasteiger partial charge in [-0.05, 0) is 6.42 Å². The van der Waals surface area contributed by atoms with E-state index in [1.165, 1.54) is 0 Å². The summed E-state index contributed by atoms with van der Waals surface area (Å²) in [6.07, 6.45) is 0.620. The molecule has 0 amide bonds. The van der Waals surface area contributed by atoms with E-state index in [9.17, 15) is 9.90 Å². The molecule has 0 saturated carbocycles. The Balaban J connectivity index is 0.